The Hall–Kier alpha value is -1.30. The van der Waals surface area contributed by atoms with Crippen molar-refractivity contribution in [2.75, 3.05) is 20.2 Å². The van der Waals surface area contributed by atoms with Crippen LogP contribution in [0.4, 0.5) is 4.79 Å². The van der Waals surface area contributed by atoms with Gasteiger partial charge in [0.05, 0.1) is 13.0 Å². The molecule has 0 aromatic carbocycles. The number of nitrogens with one attached hydrogen (secondary N) is 1. The first-order chi connectivity index (χ1) is 9.71. The fourth-order valence-electron chi connectivity index (χ4n) is 2.46. The third kappa shape index (κ3) is 6.80. The van der Waals surface area contributed by atoms with E-state index in [1.165, 1.54) is 0 Å². The summed E-state index contributed by atoms with van der Waals surface area (Å²) in [6.07, 6.45) is 1.72. The van der Waals surface area contributed by atoms with E-state index in [2.05, 4.69) is 10.2 Å². The molecule has 0 aromatic rings. The van der Waals surface area contributed by atoms with E-state index in [1.807, 2.05) is 34.7 Å². The maximum atomic E-state index is 11.8. The van der Waals surface area contributed by atoms with Gasteiger partial charge in [-0.2, -0.15) is 0 Å². The van der Waals surface area contributed by atoms with E-state index in [9.17, 15) is 9.59 Å². The number of carbonyl (C=O) groups excluding carboxylic acids is 2. The van der Waals surface area contributed by atoms with E-state index in [-0.39, 0.29) is 24.1 Å². The van der Waals surface area contributed by atoms with E-state index in [4.69, 9.17) is 9.47 Å². The van der Waals surface area contributed by atoms with Crippen LogP contribution in [-0.4, -0.2) is 54.8 Å². The summed E-state index contributed by atoms with van der Waals surface area (Å²) in [4.78, 5) is 25.4. The number of carbonyl (C=O) groups is 2. The number of ether oxygens (including phenoxy) is 2. The number of hydrogen-bond acceptors (Lipinski definition) is 5. The van der Waals surface area contributed by atoms with Gasteiger partial charge >= 0.3 is 12.1 Å². The highest BCUT2D eigenvalue weighted by Gasteiger charge is 2.29. The minimum Gasteiger partial charge on any atom is -0.466 e. The molecular weight excluding hydrogens is 272 g/mol. The fourth-order valence-corrected chi connectivity index (χ4v) is 2.46. The second-order valence-corrected chi connectivity index (χ2v) is 6.52. The minimum absolute atomic E-state index is 0.0586. The lowest BCUT2D eigenvalue weighted by molar-refractivity contribution is -0.144. The van der Waals surface area contributed by atoms with Crippen molar-refractivity contribution in [3.63, 3.8) is 0 Å². The summed E-state index contributed by atoms with van der Waals surface area (Å²) >= 11 is 0. The van der Waals surface area contributed by atoms with E-state index in [0.29, 0.717) is 19.6 Å². The molecule has 1 N–H and O–H groups in total. The standard InChI is InChI=1S/C15H28N2O4/c1-6-20-13(18)9-12-8-7-11(10-17(12)5)16-14(19)21-15(2,3)4/h11-12H,6-10H2,1-5H3,(H,16,19). The fraction of sp³-hybridized carbons (Fsp3) is 0.867. The largest absolute Gasteiger partial charge is 0.466 e. The number of esters is 1. The summed E-state index contributed by atoms with van der Waals surface area (Å²) < 4.78 is 10.2. The van der Waals surface area contributed by atoms with Crippen LogP contribution < -0.4 is 5.32 Å². The molecule has 0 radical (unpaired) electrons. The molecule has 6 nitrogen and oxygen atoms in total. The Morgan fingerprint density at radius 3 is 2.48 bits per heavy atom. The van der Waals surface area contributed by atoms with Crippen molar-refractivity contribution in [2.24, 2.45) is 0 Å². The van der Waals surface area contributed by atoms with Gasteiger partial charge in [-0.05, 0) is 47.6 Å². The quantitative estimate of drug-likeness (QED) is 0.804. The summed E-state index contributed by atoms with van der Waals surface area (Å²) in [6, 6.07) is 0.240. The summed E-state index contributed by atoms with van der Waals surface area (Å²) in [5, 5.41) is 2.89. The second kappa shape index (κ2) is 7.64. The lowest BCUT2D eigenvalue weighted by Gasteiger charge is -2.37. The Morgan fingerprint density at radius 2 is 1.95 bits per heavy atom. The van der Waals surface area contributed by atoms with Gasteiger partial charge in [0.1, 0.15) is 5.60 Å². The molecule has 1 saturated heterocycles. The maximum absolute atomic E-state index is 11.8. The number of nitrogens with zero attached hydrogens (tertiary/aromatic N) is 1. The average molecular weight is 300 g/mol. The lowest BCUT2D eigenvalue weighted by Crippen LogP contribution is -2.51. The highest BCUT2D eigenvalue weighted by atomic mass is 16.6. The first kappa shape index (κ1) is 17.8. The maximum Gasteiger partial charge on any atom is 0.407 e. The third-order valence-corrected chi connectivity index (χ3v) is 3.41. The molecule has 2 unspecified atom stereocenters. The zero-order valence-electron chi connectivity index (χ0n) is 13.8. The number of hydrogen-bond donors (Lipinski definition) is 1. The smallest absolute Gasteiger partial charge is 0.407 e. The molecular formula is C15H28N2O4. The van der Waals surface area contributed by atoms with Crippen molar-refractivity contribution in [1.29, 1.82) is 0 Å². The highest BCUT2D eigenvalue weighted by molar-refractivity contribution is 5.70. The van der Waals surface area contributed by atoms with Gasteiger partial charge in [-0.1, -0.05) is 0 Å². The minimum atomic E-state index is -0.489. The molecule has 21 heavy (non-hydrogen) atoms. The van der Waals surface area contributed by atoms with E-state index in [1.54, 1.807) is 0 Å². The molecule has 1 amide bonds. The highest BCUT2D eigenvalue weighted by Crippen LogP contribution is 2.19. The summed E-state index contributed by atoms with van der Waals surface area (Å²) in [5.41, 5.74) is -0.489. The molecule has 0 saturated carbocycles. The summed E-state index contributed by atoms with van der Waals surface area (Å²) in [6.45, 7) is 8.46. The molecule has 122 valence electrons. The van der Waals surface area contributed by atoms with Crippen molar-refractivity contribution in [1.82, 2.24) is 10.2 Å². The molecule has 0 aliphatic carbocycles. The molecule has 0 spiro atoms. The van der Waals surface area contributed by atoms with Gasteiger partial charge < -0.3 is 19.7 Å². The molecule has 1 aliphatic rings. The Bertz CT molecular complexity index is 365. The predicted molar refractivity (Wildman–Crippen MR) is 80.1 cm³/mol. The zero-order chi connectivity index (χ0) is 16.0. The van der Waals surface area contributed by atoms with Crippen LogP contribution in [0.15, 0.2) is 0 Å². The van der Waals surface area contributed by atoms with Gasteiger partial charge in [0.15, 0.2) is 0 Å². The van der Waals surface area contributed by atoms with Crippen LogP contribution in [0.25, 0.3) is 0 Å². The van der Waals surface area contributed by atoms with Gasteiger partial charge in [-0.3, -0.25) is 4.79 Å². The Morgan fingerprint density at radius 1 is 1.29 bits per heavy atom. The van der Waals surface area contributed by atoms with Gasteiger partial charge in [0.25, 0.3) is 0 Å². The Balaban J connectivity index is 2.38. The monoisotopic (exact) mass is 300 g/mol. The molecule has 1 rings (SSSR count). The number of alkyl carbamates (subject to hydrolysis) is 1. The van der Waals surface area contributed by atoms with Crippen LogP contribution >= 0.6 is 0 Å². The number of amides is 1. The van der Waals surface area contributed by atoms with Crippen LogP contribution in [0.1, 0.15) is 47.0 Å². The molecule has 2 atom stereocenters. The molecule has 1 aliphatic heterocycles. The summed E-state index contributed by atoms with van der Waals surface area (Å²) in [5.74, 6) is -0.159. The SMILES string of the molecule is CCOC(=O)CC1CCC(NC(=O)OC(C)(C)C)CN1C. The lowest BCUT2D eigenvalue weighted by atomic mass is 9.97. The molecule has 1 fully saturated rings. The van der Waals surface area contributed by atoms with E-state index < -0.39 is 5.60 Å². The average Bonchev–Trinajstić information content (AvgIpc) is 2.30. The Labute approximate surface area is 127 Å². The molecule has 1 heterocycles. The number of piperidine rings is 1. The van der Waals surface area contributed by atoms with Crippen molar-refractivity contribution in [3.05, 3.63) is 0 Å². The topological polar surface area (TPSA) is 67.9 Å². The first-order valence-electron chi connectivity index (χ1n) is 7.56. The predicted octanol–water partition coefficient (Wildman–Crippen LogP) is 1.93. The first-order valence-corrected chi connectivity index (χ1v) is 7.56. The summed E-state index contributed by atoms with van der Waals surface area (Å²) in [7, 11) is 1.97. The number of rotatable bonds is 4. The van der Waals surface area contributed by atoms with Gasteiger partial charge in [0.2, 0.25) is 0 Å². The van der Waals surface area contributed by atoms with Gasteiger partial charge in [0, 0.05) is 18.6 Å². The molecule has 0 aromatic heterocycles. The van der Waals surface area contributed by atoms with Crippen molar-refractivity contribution in [3.8, 4) is 0 Å². The third-order valence-electron chi connectivity index (χ3n) is 3.41. The number of likely N-dealkylation sites (tertiary alicyclic amines) is 1. The molecule has 6 heteroatoms. The van der Waals surface area contributed by atoms with E-state index in [0.717, 1.165) is 12.8 Å². The van der Waals surface area contributed by atoms with Crippen LogP contribution in [0.5, 0.6) is 0 Å². The van der Waals surface area contributed by atoms with Crippen LogP contribution in [0.2, 0.25) is 0 Å². The normalized spacial score (nSPS) is 23.5. The van der Waals surface area contributed by atoms with Crippen molar-refractivity contribution < 1.29 is 19.1 Å². The van der Waals surface area contributed by atoms with Crippen molar-refractivity contribution >= 4 is 12.1 Å². The van der Waals surface area contributed by atoms with Crippen LogP contribution in [-0.2, 0) is 14.3 Å². The van der Waals surface area contributed by atoms with Gasteiger partial charge in [-0.25, -0.2) is 4.79 Å². The second-order valence-electron chi connectivity index (χ2n) is 6.52. The molecule has 0 bridgehead atoms. The Kier molecular flexibility index (Phi) is 6.45. The number of likely N-dealkylation sites (N-methyl/N-ethyl adjacent to an activating group) is 1. The van der Waals surface area contributed by atoms with Crippen molar-refractivity contribution in [2.45, 2.75) is 64.6 Å². The van der Waals surface area contributed by atoms with Crippen LogP contribution in [0.3, 0.4) is 0 Å². The van der Waals surface area contributed by atoms with Crippen LogP contribution in [0, 0.1) is 0 Å². The zero-order valence-corrected chi connectivity index (χ0v) is 13.8. The van der Waals surface area contributed by atoms with E-state index >= 15 is 0 Å². The van der Waals surface area contributed by atoms with Gasteiger partial charge in [-0.15, -0.1) is 0 Å².